The average molecular weight is 190 g/mol. The monoisotopic (exact) mass is 190 g/mol. The second-order valence-electron chi connectivity index (χ2n) is 2.76. The zero-order valence-corrected chi connectivity index (χ0v) is 6.97. The van der Waals surface area contributed by atoms with Crippen molar-refractivity contribution < 1.29 is 18.3 Å². The lowest BCUT2D eigenvalue weighted by atomic mass is 10.1. The summed E-state index contributed by atoms with van der Waals surface area (Å²) in [6, 6.07) is 2.92. The minimum Gasteiger partial charge on any atom is -0.389 e. The standard InChI is InChI=1S/C9H9F3O/c1-5(13)7-4-6(9(11)12)2-3-8(7)10/h2-5,9,13H,1H3. The van der Waals surface area contributed by atoms with E-state index in [1.54, 1.807) is 0 Å². The summed E-state index contributed by atoms with van der Waals surface area (Å²) in [5.74, 6) is -0.667. The van der Waals surface area contributed by atoms with Crippen molar-refractivity contribution in [3.63, 3.8) is 0 Å². The predicted molar refractivity (Wildman–Crippen MR) is 42.0 cm³/mol. The number of benzene rings is 1. The van der Waals surface area contributed by atoms with E-state index in [0.29, 0.717) is 0 Å². The van der Waals surface area contributed by atoms with Gasteiger partial charge in [0.1, 0.15) is 5.82 Å². The number of hydrogen-bond donors (Lipinski definition) is 1. The molecule has 72 valence electrons. The summed E-state index contributed by atoms with van der Waals surface area (Å²) >= 11 is 0. The van der Waals surface area contributed by atoms with Crippen molar-refractivity contribution in [2.75, 3.05) is 0 Å². The predicted octanol–water partition coefficient (Wildman–Crippen LogP) is 2.82. The molecule has 1 aromatic carbocycles. The Morgan fingerprint density at radius 1 is 1.31 bits per heavy atom. The minimum absolute atomic E-state index is 0.0993. The first-order valence-electron chi connectivity index (χ1n) is 3.78. The maximum atomic E-state index is 12.9. The highest BCUT2D eigenvalue weighted by molar-refractivity contribution is 5.27. The molecule has 0 aromatic heterocycles. The fourth-order valence-electron chi connectivity index (χ4n) is 1.02. The van der Waals surface area contributed by atoms with Crippen LogP contribution in [-0.4, -0.2) is 5.11 Å². The topological polar surface area (TPSA) is 20.2 Å². The largest absolute Gasteiger partial charge is 0.389 e. The van der Waals surface area contributed by atoms with E-state index in [1.165, 1.54) is 6.92 Å². The van der Waals surface area contributed by atoms with Crippen LogP contribution >= 0.6 is 0 Å². The summed E-state index contributed by atoms with van der Waals surface area (Å²) in [6.07, 6.45) is -3.71. The first-order valence-corrected chi connectivity index (χ1v) is 3.78. The van der Waals surface area contributed by atoms with Gasteiger partial charge in [-0.25, -0.2) is 13.2 Å². The van der Waals surface area contributed by atoms with Gasteiger partial charge in [0.25, 0.3) is 6.43 Å². The Kier molecular flexibility index (Phi) is 2.93. The molecule has 0 amide bonds. The van der Waals surface area contributed by atoms with E-state index < -0.39 is 18.3 Å². The van der Waals surface area contributed by atoms with Crippen LogP contribution in [0.25, 0.3) is 0 Å². The Morgan fingerprint density at radius 2 is 1.92 bits per heavy atom. The molecule has 0 heterocycles. The van der Waals surface area contributed by atoms with Crippen LogP contribution in [0.4, 0.5) is 13.2 Å². The van der Waals surface area contributed by atoms with Gasteiger partial charge in [-0.3, -0.25) is 0 Å². The van der Waals surface area contributed by atoms with E-state index in [2.05, 4.69) is 0 Å². The van der Waals surface area contributed by atoms with Gasteiger partial charge in [-0.15, -0.1) is 0 Å². The third-order valence-electron chi connectivity index (χ3n) is 1.72. The molecule has 0 aliphatic carbocycles. The number of rotatable bonds is 2. The van der Waals surface area contributed by atoms with Crippen LogP contribution in [0.15, 0.2) is 18.2 Å². The number of aliphatic hydroxyl groups excluding tert-OH is 1. The maximum Gasteiger partial charge on any atom is 0.263 e. The van der Waals surface area contributed by atoms with Crippen LogP contribution in [0.5, 0.6) is 0 Å². The van der Waals surface area contributed by atoms with Gasteiger partial charge in [0, 0.05) is 11.1 Å². The Bertz CT molecular complexity index is 297. The molecule has 1 aromatic rings. The maximum absolute atomic E-state index is 12.9. The van der Waals surface area contributed by atoms with E-state index >= 15 is 0 Å². The molecule has 0 saturated carbocycles. The molecule has 1 unspecified atom stereocenters. The first kappa shape index (κ1) is 10.1. The van der Waals surface area contributed by atoms with E-state index in [9.17, 15) is 13.2 Å². The summed E-state index contributed by atoms with van der Waals surface area (Å²) in [5.41, 5.74) is -0.380. The third-order valence-corrected chi connectivity index (χ3v) is 1.72. The van der Waals surface area contributed by atoms with Gasteiger partial charge >= 0.3 is 0 Å². The van der Waals surface area contributed by atoms with Gasteiger partial charge in [0.15, 0.2) is 0 Å². The zero-order valence-electron chi connectivity index (χ0n) is 6.97. The van der Waals surface area contributed by atoms with E-state index in [1.807, 2.05) is 0 Å². The second-order valence-corrected chi connectivity index (χ2v) is 2.76. The highest BCUT2D eigenvalue weighted by Crippen LogP contribution is 2.24. The lowest BCUT2D eigenvalue weighted by molar-refractivity contribution is 0.150. The molecule has 0 saturated heterocycles. The summed E-state index contributed by atoms with van der Waals surface area (Å²) in [7, 11) is 0. The Labute approximate surface area is 73.8 Å². The van der Waals surface area contributed by atoms with Crippen LogP contribution in [-0.2, 0) is 0 Å². The van der Waals surface area contributed by atoms with Crippen LogP contribution in [0.2, 0.25) is 0 Å². The number of aliphatic hydroxyl groups is 1. The fourth-order valence-corrected chi connectivity index (χ4v) is 1.02. The number of hydrogen-bond acceptors (Lipinski definition) is 1. The molecular weight excluding hydrogens is 181 g/mol. The Hall–Kier alpha value is -1.03. The van der Waals surface area contributed by atoms with Gasteiger partial charge in [-0.1, -0.05) is 6.07 Å². The third kappa shape index (κ3) is 2.21. The molecule has 0 aliphatic rings. The summed E-state index contributed by atoms with van der Waals surface area (Å²) < 4.78 is 37.2. The summed E-state index contributed by atoms with van der Waals surface area (Å²) in [6.45, 7) is 1.33. The van der Waals surface area contributed by atoms with E-state index in [-0.39, 0.29) is 11.1 Å². The first-order chi connectivity index (χ1) is 6.02. The normalized spacial score (nSPS) is 13.4. The number of halogens is 3. The molecule has 0 bridgehead atoms. The molecule has 1 rings (SSSR count). The highest BCUT2D eigenvalue weighted by Gasteiger charge is 2.13. The molecule has 0 radical (unpaired) electrons. The average Bonchev–Trinajstić information content (AvgIpc) is 2.04. The second kappa shape index (κ2) is 3.79. The molecule has 1 N–H and O–H groups in total. The smallest absolute Gasteiger partial charge is 0.263 e. The van der Waals surface area contributed by atoms with Crippen molar-refractivity contribution in [2.45, 2.75) is 19.5 Å². The minimum atomic E-state index is -2.64. The van der Waals surface area contributed by atoms with E-state index in [4.69, 9.17) is 5.11 Å². The quantitative estimate of drug-likeness (QED) is 0.760. The van der Waals surface area contributed by atoms with Gasteiger partial charge in [-0.2, -0.15) is 0 Å². The van der Waals surface area contributed by atoms with Crippen molar-refractivity contribution in [1.82, 2.24) is 0 Å². The van der Waals surface area contributed by atoms with Crippen molar-refractivity contribution >= 4 is 0 Å². The molecule has 0 spiro atoms. The lowest BCUT2D eigenvalue weighted by Gasteiger charge is -2.08. The number of alkyl halides is 2. The van der Waals surface area contributed by atoms with Gasteiger partial charge in [0.05, 0.1) is 6.10 Å². The lowest BCUT2D eigenvalue weighted by Crippen LogP contribution is -1.97. The van der Waals surface area contributed by atoms with Crippen LogP contribution < -0.4 is 0 Å². The molecule has 1 nitrogen and oxygen atoms in total. The molecule has 0 fully saturated rings. The SMILES string of the molecule is CC(O)c1cc(C(F)F)ccc1F. The fraction of sp³-hybridized carbons (Fsp3) is 0.333. The van der Waals surface area contributed by atoms with E-state index in [0.717, 1.165) is 18.2 Å². The molecule has 13 heavy (non-hydrogen) atoms. The summed E-state index contributed by atoms with van der Waals surface area (Å²) in [4.78, 5) is 0. The van der Waals surface area contributed by atoms with Crippen molar-refractivity contribution in [3.8, 4) is 0 Å². The van der Waals surface area contributed by atoms with Crippen molar-refractivity contribution in [2.24, 2.45) is 0 Å². The van der Waals surface area contributed by atoms with Crippen molar-refractivity contribution in [3.05, 3.63) is 35.1 Å². The van der Waals surface area contributed by atoms with Gasteiger partial charge in [-0.05, 0) is 19.1 Å². The highest BCUT2D eigenvalue weighted by atomic mass is 19.3. The summed E-state index contributed by atoms with van der Waals surface area (Å²) in [5, 5.41) is 9.03. The van der Waals surface area contributed by atoms with Crippen LogP contribution in [0.3, 0.4) is 0 Å². The zero-order chi connectivity index (χ0) is 10.0. The molecule has 4 heteroatoms. The Balaban J connectivity index is 3.11. The Morgan fingerprint density at radius 3 is 2.38 bits per heavy atom. The van der Waals surface area contributed by atoms with Crippen LogP contribution in [0, 0.1) is 5.82 Å². The molecule has 1 atom stereocenters. The molecular formula is C9H9F3O. The van der Waals surface area contributed by atoms with Gasteiger partial charge < -0.3 is 5.11 Å². The van der Waals surface area contributed by atoms with Crippen LogP contribution in [0.1, 0.15) is 30.6 Å². The van der Waals surface area contributed by atoms with Crippen molar-refractivity contribution in [1.29, 1.82) is 0 Å². The molecule has 0 aliphatic heterocycles. The van der Waals surface area contributed by atoms with Gasteiger partial charge in [0.2, 0.25) is 0 Å².